The zero-order chi connectivity index (χ0) is 11.5. The van der Waals surface area contributed by atoms with Crippen molar-refractivity contribution in [2.24, 2.45) is 0 Å². The van der Waals surface area contributed by atoms with Crippen LogP contribution < -0.4 is 5.32 Å². The van der Waals surface area contributed by atoms with Gasteiger partial charge in [-0.25, -0.2) is 0 Å². The molecule has 0 saturated carbocycles. The summed E-state index contributed by atoms with van der Waals surface area (Å²) < 4.78 is 5.54. The van der Waals surface area contributed by atoms with E-state index in [1.807, 2.05) is 31.2 Å². The van der Waals surface area contributed by atoms with E-state index >= 15 is 0 Å². The van der Waals surface area contributed by atoms with Gasteiger partial charge in [0, 0.05) is 18.5 Å². The van der Waals surface area contributed by atoms with Crippen LogP contribution in [0.25, 0.3) is 0 Å². The molecule has 0 fully saturated rings. The van der Waals surface area contributed by atoms with Gasteiger partial charge in [0.2, 0.25) is 0 Å². The molecule has 0 aliphatic heterocycles. The van der Waals surface area contributed by atoms with Crippen LogP contribution in [0.2, 0.25) is 5.02 Å². The summed E-state index contributed by atoms with van der Waals surface area (Å²) in [6, 6.07) is 8.29. The van der Waals surface area contributed by atoms with E-state index in [2.05, 4.69) is 10.3 Å². The predicted molar refractivity (Wildman–Crippen MR) is 65.0 cm³/mol. The largest absolute Gasteiger partial charge is 0.428 e. The Bertz CT molecular complexity index is 476. The molecule has 2 rings (SSSR count). The van der Waals surface area contributed by atoms with Gasteiger partial charge < -0.3 is 9.73 Å². The molecule has 0 amide bonds. The summed E-state index contributed by atoms with van der Waals surface area (Å²) in [7, 11) is 1.79. The molecule has 0 radical (unpaired) electrons. The lowest BCUT2D eigenvalue weighted by Crippen LogP contribution is -1.88. The van der Waals surface area contributed by atoms with E-state index in [1.54, 1.807) is 7.05 Å². The molecule has 0 spiro atoms. The summed E-state index contributed by atoms with van der Waals surface area (Å²) in [5.74, 6) is 0.881. The standard InChI is InChI=1S/C12H13ClN2O/c1-8-11(16-12(14-2)15-8)7-9-3-5-10(13)6-4-9/h3-6H,7H2,1-2H3,(H,14,15). The second-order valence-corrected chi connectivity index (χ2v) is 4.02. The number of anilines is 1. The van der Waals surface area contributed by atoms with Crippen LogP contribution in [0.3, 0.4) is 0 Å². The van der Waals surface area contributed by atoms with E-state index in [0.717, 1.165) is 28.5 Å². The van der Waals surface area contributed by atoms with Gasteiger partial charge in [-0.15, -0.1) is 0 Å². The van der Waals surface area contributed by atoms with Gasteiger partial charge in [0.25, 0.3) is 6.01 Å². The Hall–Kier alpha value is -1.48. The van der Waals surface area contributed by atoms with Gasteiger partial charge in [-0.2, -0.15) is 4.98 Å². The fourth-order valence-electron chi connectivity index (χ4n) is 1.49. The second-order valence-electron chi connectivity index (χ2n) is 3.58. The third-order valence-corrected chi connectivity index (χ3v) is 2.64. The topological polar surface area (TPSA) is 38.1 Å². The minimum atomic E-state index is 0.557. The number of hydrogen-bond donors (Lipinski definition) is 1. The number of nitrogens with one attached hydrogen (secondary N) is 1. The van der Waals surface area contributed by atoms with Crippen molar-refractivity contribution < 1.29 is 4.42 Å². The van der Waals surface area contributed by atoms with Crippen molar-refractivity contribution >= 4 is 17.6 Å². The Morgan fingerprint density at radius 3 is 2.56 bits per heavy atom. The third-order valence-electron chi connectivity index (χ3n) is 2.38. The van der Waals surface area contributed by atoms with Crippen LogP contribution in [0.5, 0.6) is 0 Å². The van der Waals surface area contributed by atoms with Crippen LogP contribution in [-0.4, -0.2) is 12.0 Å². The summed E-state index contributed by atoms with van der Waals surface area (Å²) in [6.45, 7) is 1.94. The van der Waals surface area contributed by atoms with E-state index in [9.17, 15) is 0 Å². The first kappa shape index (κ1) is 11.0. The smallest absolute Gasteiger partial charge is 0.294 e. The summed E-state index contributed by atoms with van der Waals surface area (Å²) in [4.78, 5) is 4.24. The zero-order valence-corrected chi connectivity index (χ0v) is 10.0. The zero-order valence-electron chi connectivity index (χ0n) is 9.25. The van der Waals surface area contributed by atoms with Gasteiger partial charge in [0.05, 0.1) is 5.69 Å². The molecule has 84 valence electrons. The maximum absolute atomic E-state index is 5.83. The lowest BCUT2D eigenvalue weighted by molar-refractivity contribution is 0.528. The number of benzene rings is 1. The van der Waals surface area contributed by atoms with Gasteiger partial charge in [-0.1, -0.05) is 23.7 Å². The molecule has 0 saturated heterocycles. The maximum Gasteiger partial charge on any atom is 0.294 e. The Morgan fingerprint density at radius 2 is 2.00 bits per heavy atom. The average Bonchev–Trinajstić information content (AvgIpc) is 2.63. The summed E-state index contributed by atoms with van der Waals surface area (Å²) in [5, 5.41) is 3.63. The first-order valence-corrected chi connectivity index (χ1v) is 5.45. The first-order chi connectivity index (χ1) is 7.69. The minimum absolute atomic E-state index is 0.557. The van der Waals surface area contributed by atoms with E-state index in [1.165, 1.54) is 0 Å². The van der Waals surface area contributed by atoms with Crippen LogP contribution in [-0.2, 0) is 6.42 Å². The van der Waals surface area contributed by atoms with Gasteiger partial charge in [0.1, 0.15) is 5.76 Å². The van der Waals surface area contributed by atoms with Crippen LogP contribution >= 0.6 is 11.6 Å². The molecule has 0 aliphatic carbocycles. The van der Waals surface area contributed by atoms with Gasteiger partial charge in [-0.05, 0) is 24.6 Å². The molecule has 0 atom stereocenters. The Labute approximate surface area is 99.5 Å². The van der Waals surface area contributed by atoms with Crippen LogP contribution in [0.1, 0.15) is 17.0 Å². The number of halogens is 1. The highest BCUT2D eigenvalue weighted by Crippen LogP contribution is 2.19. The van der Waals surface area contributed by atoms with Crippen molar-refractivity contribution in [1.29, 1.82) is 0 Å². The number of aryl methyl sites for hydroxylation is 1. The Morgan fingerprint density at radius 1 is 1.31 bits per heavy atom. The van der Waals surface area contributed by atoms with Gasteiger partial charge >= 0.3 is 0 Å². The number of oxazole rings is 1. The molecule has 16 heavy (non-hydrogen) atoms. The number of rotatable bonds is 3. The van der Waals surface area contributed by atoms with Crippen molar-refractivity contribution in [3.8, 4) is 0 Å². The van der Waals surface area contributed by atoms with Crippen LogP contribution in [0, 0.1) is 6.92 Å². The second kappa shape index (κ2) is 4.58. The molecule has 1 aromatic heterocycles. The highest BCUT2D eigenvalue weighted by molar-refractivity contribution is 6.30. The molecule has 1 aromatic carbocycles. The van der Waals surface area contributed by atoms with Gasteiger partial charge in [-0.3, -0.25) is 0 Å². The highest BCUT2D eigenvalue weighted by Gasteiger charge is 2.08. The Kier molecular flexibility index (Phi) is 3.15. The van der Waals surface area contributed by atoms with E-state index in [-0.39, 0.29) is 0 Å². The van der Waals surface area contributed by atoms with Gasteiger partial charge in [0.15, 0.2) is 0 Å². The van der Waals surface area contributed by atoms with E-state index in [0.29, 0.717) is 6.01 Å². The number of nitrogens with zero attached hydrogens (tertiary/aromatic N) is 1. The summed E-state index contributed by atoms with van der Waals surface area (Å²) in [6.07, 6.45) is 0.734. The third kappa shape index (κ3) is 2.36. The normalized spacial score (nSPS) is 10.4. The maximum atomic E-state index is 5.83. The van der Waals surface area contributed by atoms with Crippen molar-refractivity contribution in [2.45, 2.75) is 13.3 Å². The molecular formula is C12H13ClN2O. The average molecular weight is 237 g/mol. The van der Waals surface area contributed by atoms with Crippen molar-refractivity contribution in [1.82, 2.24) is 4.98 Å². The molecule has 4 heteroatoms. The van der Waals surface area contributed by atoms with Crippen molar-refractivity contribution in [3.05, 3.63) is 46.3 Å². The van der Waals surface area contributed by atoms with Crippen LogP contribution in [0.15, 0.2) is 28.7 Å². The first-order valence-electron chi connectivity index (χ1n) is 5.07. The van der Waals surface area contributed by atoms with Crippen molar-refractivity contribution in [3.63, 3.8) is 0 Å². The van der Waals surface area contributed by atoms with Crippen molar-refractivity contribution in [2.75, 3.05) is 12.4 Å². The fraction of sp³-hybridized carbons (Fsp3) is 0.250. The van der Waals surface area contributed by atoms with E-state index < -0.39 is 0 Å². The molecule has 1 heterocycles. The van der Waals surface area contributed by atoms with E-state index in [4.69, 9.17) is 16.0 Å². The quantitative estimate of drug-likeness (QED) is 0.889. The van der Waals surface area contributed by atoms with Crippen LogP contribution in [0.4, 0.5) is 6.01 Å². The number of hydrogen-bond acceptors (Lipinski definition) is 3. The molecule has 0 aliphatic rings. The molecule has 2 aromatic rings. The minimum Gasteiger partial charge on any atom is -0.428 e. The highest BCUT2D eigenvalue weighted by atomic mass is 35.5. The molecule has 0 bridgehead atoms. The lowest BCUT2D eigenvalue weighted by Gasteiger charge is -1.99. The molecule has 0 unspecified atom stereocenters. The summed E-state index contributed by atoms with van der Waals surface area (Å²) in [5.41, 5.74) is 2.07. The fourth-order valence-corrected chi connectivity index (χ4v) is 1.61. The summed E-state index contributed by atoms with van der Waals surface area (Å²) >= 11 is 5.83. The monoisotopic (exact) mass is 236 g/mol. The number of aromatic nitrogens is 1. The SMILES string of the molecule is CNc1nc(C)c(Cc2ccc(Cl)cc2)o1. The molecule has 1 N–H and O–H groups in total. The Balaban J connectivity index is 2.19. The molecular weight excluding hydrogens is 224 g/mol. The lowest BCUT2D eigenvalue weighted by atomic mass is 10.1. The predicted octanol–water partition coefficient (Wildman–Crippen LogP) is 3.27. The molecule has 3 nitrogen and oxygen atoms in total.